The first kappa shape index (κ1) is 16.7. The summed E-state index contributed by atoms with van der Waals surface area (Å²) in [6, 6.07) is -0.00413. The van der Waals surface area contributed by atoms with Crippen LogP contribution in [0.2, 0.25) is 0 Å². The van der Waals surface area contributed by atoms with Crippen LogP contribution in [0.5, 0.6) is 0 Å². The number of sulfone groups is 1. The van der Waals surface area contributed by atoms with E-state index in [1.807, 2.05) is 0 Å². The topological polar surface area (TPSA) is 83.6 Å². The molecule has 2 saturated heterocycles. The summed E-state index contributed by atoms with van der Waals surface area (Å²) < 4.78 is 23.2. The zero-order valence-electron chi connectivity index (χ0n) is 13.7. The normalized spacial score (nSPS) is 37.1. The van der Waals surface area contributed by atoms with Crippen LogP contribution in [0.15, 0.2) is 0 Å². The maximum Gasteiger partial charge on any atom is 0.225 e. The molecule has 2 heterocycles. The van der Waals surface area contributed by atoms with E-state index in [1.165, 1.54) is 0 Å². The third-order valence-corrected chi connectivity index (χ3v) is 7.29. The molecule has 0 spiro atoms. The molecule has 1 aliphatic carbocycles. The average molecular weight is 342 g/mol. The smallest absolute Gasteiger partial charge is 0.225 e. The predicted octanol–water partition coefficient (Wildman–Crippen LogP) is 0.717. The third kappa shape index (κ3) is 3.87. The van der Waals surface area contributed by atoms with Crippen LogP contribution in [-0.2, 0) is 19.4 Å². The van der Waals surface area contributed by atoms with E-state index in [-0.39, 0.29) is 47.7 Å². The third-order valence-electron chi connectivity index (χ3n) is 5.54. The molecule has 0 aromatic carbocycles. The molecule has 1 saturated carbocycles. The molecule has 2 amide bonds. The second-order valence-electron chi connectivity index (χ2n) is 7.47. The van der Waals surface area contributed by atoms with Gasteiger partial charge < -0.3 is 10.2 Å². The second kappa shape index (κ2) is 6.42. The molecule has 0 unspecified atom stereocenters. The molecule has 3 fully saturated rings. The van der Waals surface area contributed by atoms with E-state index >= 15 is 0 Å². The van der Waals surface area contributed by atoms with Gasteiger partial charge in [-0.25, -0.2) is 8.42 Å². The monoisotopic (exact) mass is 342 g/mol. The summed E-state index contributed by atoms with van der Waals surface area (Å²) in [6.07, 6.45) is 5.02. The van der Waals surface area contributed by atoms with Crippen molar-refractivity contribution >= 4 is 21.7 Å². The van der Waals surface area contributed by atoms with Gasteiger partial charge in [0.15, 0.2) is 9.84 Å². The van der Waals surface area contributed by atoms with Gasteiger partial charge in [0, 0.05) is 25.0 Å². The molecule has 3 rings (SSSR count). The summed E-state index contributed by atoms with van der Waals surface area (Å²) in [7, 11) is -3.02. The molecule has 0 bridgehead atoms. The SMILES string of the molecule is CC1CCC(NC(=O)[C@@H]2CC(=O)N([C@@H]3CCS(=O)(=O)C3)C2)CC1. The minimum atomic E-state index is -3.02. The fraction of sp³-hybridized carbons (Fsp3) is 0.875. The van der Waals surface area contributed by atoms with E-state index in [0.717, 1.165) is 31.6 Å². The summed E-state index contributed by atoms with van der Waals surface area (Å²) in [5, 5.41) is 3.09. The maximum atomic E-state index is 12.4. The van der Waals surface area contributed by atoms with Gasteiger partial charge in [0.25, 0.3) is 0 Å². The van der Waals surface area contributed by atoms with Crippen molar-refractivity contribution in [2.45, 2.75) is 57.5 Å². The molecule has 6 nitrogen and oxygen atoms in total. The molecular formula is C16H26N2O4S. The van der Waals surface area contributed by atoms with Crippen molar-refractivity contribution in [2.24, 2.45) is 11.8 Å². The lowest BCUT2D eigenvalue weighted by atomic mass is 9.87. The summed E-state index contributed by atoms with van der Waals surface area (Å²) in [5.74, 6) is 0.485. The summed E-state index contributed by atoms with van der Waals surface area (Å²) in [5.41, 5.74) is 0. The Kier molecular flexibility index (Phi) is 4.67. The molecule has 130 valence electrons. The first-order valence-electron chi connectivity index (χ1n) is 8.64. The van der Waals surface area contributed by atoms with Gasteiger partial charge in [-0.1, -0.05) is 6.92 Å². The molecule has 7 heteroatoms. The quantitative estimate of drug-likeness (QED) is 0.819. The van der Waals surface area contributed by atoms with E-state index < -0.39 is 9.84 Å². The maximum absolute atomic E-state index is 12.4. The van der Waals surface area contributed by atoms with Crippen molar-refractivity contribution in [3.8, 4) is 0 Å². The van der Waals surface area contributed by atoms with Crippen molar-refractivity contribution in [1.29, 1.82) is 0 Å². The van der Waals surface area contributed by atoms with Gasteiger partial charge in [-0.05, 0) is 38.0 Å². The van der Waals surface area contributed by atoms with E-state index in [9.17, 15) is 18.0 Å². The van der Waals surface area contributed by atoms with Gasteiger partial charge >= 0.3 is 0 Å². The van der Waals surface area contributed by atoms with E-state index in [2.05, 4.69) is 12.2 Å². The number of amides is 2. The van der Waals surface area contributed by atoms with E-state index in [1.54, 1.807) is 4.90 Å². The van der Waals surface area contributed by atoms with Crippen LogP contribution in [-0.4, -0.2) is 55.3 Å². The number of carbonyl (C=O) groups excluding carboxylic acids is 2. The highest BCUT2D eigenvalue weighted by molar-refractivity contribution is 7.91. The van der Waals surface area contributed by atoms with Crippen LogP contribution in [0, 0.1) is 11.8 Å². The Hall–Kier alpha value is -1.11. The summed E-state index contributed by atoms with van der Waals surface area (Å²) >= 11 is 0. The van der Waals surface area contributed by atoms with Crippen LogP contribution < -0.4 is 5.32 Å². The van der Waals surface area contributed by atoms with Gasteiger partial charge in [-0.3, -0.25) is 9.59 Å². The standard InChI is InChI=1S/C16H26N2O4S/c1-11-2-4-13(5-3-11)17-16(20)12-8-15(19)18(9-12)14-6-7-23(21,22)10-14/h11-14H,2-10H2,1H3,(H,17,20)/t11?,12-,13?,14-/m1/s1. The van der Waals surface area contributed by atoms with Crippen LogP contribution in [0.1, 0.15) is 45.4 Å². The number of nitrogens with zero attached hydrogens (tertiary/aromatic N) is 1. The fourth-order valence-corrected chi connectivity index (χ4v) is 5.74. The lowest BCUT2D eigenvalue weighted by Gasteiger charge is -2.28. The van der Waals surface area contributed by atoms with Gasteiger partial charge in [0.1, 0.15) is 0 Å². The van der Waals surface area contributed by atoms with Crippen molar-refractivity contribution in [3.63, 3.8) is 0 Å². The number of nitrogens with one attached hydrogen (secondary N) is 1. The lowest BCUT2D eigenvalue weighted by molar-refractivity contribution is -0.130. The van der Waals surface area contributed by atoms with Crippen molar-refractivity contribution in [3.05, 3.63) is 0 Å². The van der Waals surface area contributed by atoms with E-state index in [4.69, 9.17) is 0 Å². The van der Waals surface area contributed by atoms with Crippen LogP contribution in [0.25, 0.3) is 0 Å². The van der Waals surface area contributed by atoms with E-state index in [0.29, 0.717) is 13.0 Å². The predicted molar refractivity (Wildman–Crippen MR) is 86.4 cm³/mol. The number of rotatable bonds is 3. The zero-order valence-corrected chi connectivity index (χ0v) is 14.5. The molecule has 23 heavy (non-hydrogen) atoms. The van der Waals surface area contributed by atoms with Crippen molar-refractivity contribution < 1.29 is 18.0 Å². The number of carbonyl (C=O) groups is 2. The lowest BCUT2D eigenvalue weighted by Crippen LogP contribution is -2.42. The van der Waals surface area contributed by atoms with Gasteiger partial charge in [0.2, 0.25) is 11.8 Å². The minimum absolute atomic E-state index is 0.0405. The van der Waals surface area contributed by atoms with Crippen molar-refractivity contribution in [1.82, 2.24) is 10.2 Å². The second-order valence-corrected chi connectivity index (χ2v) is 9.70. The molecule has 2 atom stereocenters. The Morgan fingerprint density at radius 2 is 1.87 bits per heavy atom. The van der Waals surface area contributed by atoms with Gasteiger partial charge in [0.05, 0.1) is 17.4 Å². The molecule has 2 aliphatic heterocycles. The van der Waals surface area contributed by atoms with Crippen molar-refractivity contribution in [2.75, 3.05) is 18.1 Å². The first-order valence-corrected chi connectivity index (χ1v) is 10.5. The Bertz CT molecular complexity index is 581. The average Bonchev–Trinajstić information content (AvgIpc) is 3.04. The Morgan fingerprint density at radius 1 is 1.17 bits per heavy atom. The number of hydrogen-bond acceptors (Lipinski definition) is 4. The number of hydrogen-bond donors (Lipinski definition) is 1. The van der Waals surface area contributed by atoms with Crippen LogP contribution >= 0.6 is 0 Å². The summed E-state index contributed by atoms with van der Waals surface area (Å²) in [6.45, 7) is 2.61. The molecule has 0 radical (unpaired) electrons. The Morgan fingerprint density at radius 3 is 2.48 bits per heavy atom. The zero-order chi connectivity index (χ0) is 16.6. The van der Waals surface area contributed by atoms with Crippen LogP contribution in [0.4, 0.5) is 0 Å². The minimum Gasteiger partial charge on any atom is -0.353 e. The highest BCUT2D eigenvalue weighted by atomic mass is 32.2. The molecule has 1 N–H and O–H groups in total. The molecular weight excluding hydrogens is 316 g/mol. The largest absolute Gasteiger partial charge is 0.353 e. The van der Waals surface area contributed by atoms with Gasteiger partial charge in [-0.15, -0.1) is 0 Å². The molecule has 0 aromatic heterocycles. The fourth-order valence-electron chi connectivity index (χ4n) is 4.00. The Balaban J connectivity index is 1.54. The summed E-state index contributed by atoms with van der Waals surface area (Å²) in [4.78, 5) is 26.2. The number of likely N-dealkylation sites (tertiary alicyclic amines) is 1. The molecule has 3 aliphatic rings. The first-order chi connectivity index (χ1) is 10.8. The van der Waals surface area contributed by atoms with Crippen LogP contribution in [0.3, 0.4) is 0 Å². The highest BCUT2D eigenvalue weighted by Gasteiger charge is 2.42. The Labute approximate surface area is 137 Å². The molecule has 0 aromatic rings. The highest BCUT2D eigenvalue weighted by Crippen LogP contribution is 2.27. The van der Waals surface area contributed by atoms with Gasteiger partial charge in [-0.2, -0.15) is 0 Å².